The Labute approximate surface area is 174 Å². The molecule has 1 aliphatic carbocycles. The quantitative estimate of drug-likeness (QED) is 0.541. The number of urea groups is 1. The summed E-state index contributed by atoms with van der Waals surface area (Å²) in [4.78, 5) is 40.9. The van der Waals surface area contributed by atoms with E-state index in [1.54, 1.807) is 6.07 Å². The average molecular weight is 402 g/mol. The van der Waals surface area contributed by atoms with E-state index in [0.29, 0.717) is 24.9 Å². The smallest absolute Gasteiger partial charge is 0.322 e. The maximum atomic E-state index is 12.7. The zero-order chi connectivity index (χ0) is 21.3. The number of rotatable bonds is 4. The number of hydrogen-bond acceptors (Lipinski definition) is 4. The molecule has 152 valence electrons. The molecule has 1 spiro atoms. The molecule has 2 aliphatic rings. The Morgan fingerprint density at radius 1 is 1.20 bits per heavy atom. The Bertz CT molecular complexity index is 1110. The van der Waals surface area contributed by atoms with E-state index in [1.165, 1.54) is 6.08 Å². The van der Waals surface area contributed by atoms with Crippen LogP contribution in [0.4, 0.5) is 16.2 Å². The van der Waals surface area contributed by atoms with Gasteiger partial charge in [0.25, 0.3) is 11.8 Å². The number of carbonyl (C=O) groups excluding carboxylic acids is 3. The van der Waals surface area contributed by atoms with Crippen LogP contribution in [0.1, 0.15) is 23.1 Å². The van der Waals surface area contributed by atoms with Crippen LogP contribution < -0.4 is 16.0 Å². The third-order valence-electron chi connectivity index (χ3n) is 5.57. The van der Waals surface area contributed by atoms with E-state index >= 15 is 0 Å². The Morgan fingerprint density at radius 2 is 2.00 bits per heavy atom. The van der Waals surface area contributed by atoms with Gasteiger partial charge in [0.1, 0.15) is 11.3 Å². The van der Waals surface area contributed by atoms with Crippen LogP contribution in [-0.2, 0) is 22.4 Å². The molecule has 0 saturated carbocycles. The molecule has 0 bridgehead atoms. The monoisotopic (exact) mass is 402 g/mol. The minimum Gasteiger partial charge on any atom is -0.323 e. The Morgan fingerprint density at radius 3 is 2.70 bits per heavy atom. The van der Waals surface area contributed by atoms with E-state index in [4.69, 9.17) is 0 Å². The molecule has 1 heterocycles. The van der Waals surface area contributed by atoms with Crippen molar-refractivity contribution in [3.8, 4) is 0 Å². The molecule has 1 saturated heterocycles. The van der Waals surface area contributed by atoms with Crippen LogP contribution in [0, 0.1) is 6.92 Å². The maximum Gasteiger partial charge on any atom is 0.322 e. The van der Waals surface area contributed by atoms with Crippen LogP contribution in [0.2, 0.25) is 0 Å². The number of benzene rings is 2. The number of nitrogens with one attached hydrogen (secondary N) is 3. The van der Waals surface area contributed by atoms with Gasteiger partial charge in [0.05, 0.1) is 5.69 Å². The van der Waals surface area contributed by atoms with Crippen molar-refractivity contribution in [2.24, 2.45) is 4.99 Å². The number of carbonyl (C=O) groups is 3. The molecule has 1 atom stereocenters. The molecule has 2 aromatic carbocycles. The number of amides is 4. The number of aryl methyl sites for hydroxylation is 2. The standard InChI is InChI=1S/C23H22N4O3/c1-3-18(25-19-7-5-4-6-14(19)2)20(28)24-17-9-8-16-13-23(11-10-15(16)12-17)21(29)26-22(30)27-23/h3-9,12H,1,10-11,13H2,2H3,(H,24,28)(H2,26,27,29,30). The lowest BCUT2D eigenvalue weighted by molar-refractivity contribution is -0.124. The van der Waals surface area contributed by atoms with E-state index in [-0.39, 0.29) is 17.5 Å². The van der Waals surface area contributed by atoms with Gasteiger partial charge >= 0.3 is 6.03 Å². The summed E-state index contributed by atoms with van der Waals surface area (Å²) in [6.07, 6.45) is 3.01. The second-order valence-electron chi connectivity index (χ2n) is 7.59. The molecule has 1 aliphatic heterocycles. The van der Waals surface area contributed by atoms with Crippen molar-refractivity contribution >= 4 is 34.9 Å². The fraction of sp³-hybridized carbons (Fsp3) is 0.217. The topological polar surface area (TPSA) is 99.7 Å². The summed E-state index contributed by atoms with van der Waals surface area (Å²) in [5.74, 6) is -0.624. The molecule has 4 rings (SSSR count). The Kier molecular flexibility index (Phi) is 4.95. The molecule has 1 unspecified atom stereocenters. The largest absolute Gasteiger partial charge is 0.323 e. The van der Waals surface area contributed by atoms with Crippen molar-refractivity contribution in [3.63, 3.8) is 0 Å². The highest BCUT2D eigenvalue weighted by Gasteiger charge is 2.47. The lowest BCUT2D eigenvalue weighted by Gasteiger charge is -2.32. The summed E-state index contributed by atoms with van der Waals surface area (Å²) >= 11 is 0. The van der Waals surface area contributed by atoms with E-state index in [2.05, 4.69) is 27.5 Å². The van der Waals surface area contributed by atoms with Crippen molar-refractivity contribution in [3.05, 3.63) is 71.8 Å². The molecule has 1 fully saturated rings. The molecule has 7 heteroatoms. The summed E-state index contributed by atoms with van der Waals surface area (Å²) in [5, 5.41) is 7.95. The van der Waals surface area contributed by atoms with Gasteiger partial charge in [-0.3, -0.25) is 14.9 Å². The third-order valence-corrected chi connectivity index (χ3v) is 5.57. The predicted octanol–water partition coefficient (Wildman–Crippen LogP) is 2.96. The molecule has 0 aromatic heterocycles. The highest BCUT2D eigenvalue weighted by Crippen LogP contribution is 2.32. The zero-order valence-electron chi connectivity index (χ0n) is 16.6. The van der Waals surface area contributed by atoms with Crippen molar-refractivity contribution in [2.75, 3.05) is 5.32 Å². The van der Waals surface area contributed by atoms with Gasteiger partial charge in [-0.05, 0) is 60.7 Å². The predicted molar refractivity (Wildman–Crippen MR) is 115 cm³/mol. The van der Waals surface area contributed by atoms with Gasteiger partial charge in [-0.25, -0.2) is 9.79 Å². The first-order chi connectivity index (χ1) is 14.4. The normalized spacial score (nSPS) is 20.4. The average Bonchev–Trinajstić information content (AvgIpc) is 2.99. The summed E-state index contributed by atoms with van der Waals surface area (Å²) in [5.41, 5.74) is 3.72. The molecule has 0 radical (unpaired) electrons. The summed E-state index contributed by atoms with van der Waals surface area (Å²) in [6, 6.07) is 12.7. The zero-order valence-corrected chi connectivity index (χ0v) is 16.6. The van der Waals surface area contributed by atoms with Crippen LogP contribution in [0.5, 0.6) is 0 Å². The molecule has 30 heavy (non-hydrogen) atoms. The Balaban J connectivity index is 1.52. The lowest BCUT2D eigenvalue weighted by Crippen LogP contribution is -2.51. The third kappa shape index (κ3) is 3.61. The van der Waals surface area contributed by atoms with Crippen molar-refractivity contribution < 1.29 is 14.4 Å². The molecular weight excluding hydrogens is 380 g/mol. The summed E-state index contributed by atoms with van der Waals surface area (Å²) in [7, 11) is 0. The van der Waals surface area contributed by atoms with Gasteiger partial charge in [0.2, 0.25) is 0 Å². The molecular formula is C23H22N4O3. The molecule has 7 nitrogen and oxygen atoms in total. The second kappa shape index (κ2) is 7.59. The van der Waals surface area contributed by atoms with Gasteiger partial charge in [-0.15, -0.1) is 0 Å². The van der Waals surface area contributed by atoms with Gasteiger partial charge in [0, 0.05) is 12.1 Å². The SMILES string of the molecule is C=CC(=Nc1ccccc1C)C(=O)Nc1ccc2c(c1)CCC1(C2)NC(=O)NC1=O. The number of imide groups is 1. The van der Waals surface area contributed by atoms with Gasteiger partial charge in [0.15, 0.2) is 0 Å². The summed E-state index contributed by atoms with van der Waals surface area (Å²) in [6.45, 7) is 5.64. The number of para-hydroxylation sites is 1. The minimum absolute atomic E-state index is 0.228. The summed E-state index contributed by atoms with van der Waals surface area (Å²) < 4.78 is 0. The van der Waals surface area contributed by atoms with Crippen LogP contribution in [0.25, 0.3) is 0 Å². The van der Waals surface area contributed by atoms with Crippen molar-refractivity contribution in [1.82, 2.24) is 10.6 Å². The minimum atomic E-state index is -0.870. The van der Waals surface area contributed by atoms with Gasteiger partial charge < -0.3 is 10.6 Å². The number of aliphatic imine (C=N–C) groups is 1. The molecule has 2 aromatic rings. The molecule has 3 N–H and O–H groups in total. The van der Waals surface area contributed by atoms with Crippen LogP contribution in [0.3, 0.4) is 0 Å². The van der Waals surface area contributed by atoms with E-state index < -0.39 is 11.6 Å². The van der Waals surface area contributed by atoms with E-state index in [0.717, 1.165) is 22.4 Å². The fourth-order valence-corrected chi connectivity index (χ4v) is 3.90. The fourth-order valence-electron chi connectivity index (χ4n) is 3.90. The number of hydrogen-bond donors (Lipinski definition) is 3. The lowest BCUT2D eigenvalue weighted by atomic mass is 9.78. The highest BCUT2D eigenvalue weighted by atomic mass is 16.2. The first kappa shape index (κ1) is 19.6. The van der Waals surface area contributed by atoms with E-state index in [1.807, 2.05) is 43.3 Å². The van der Waals surface area contributed by atoms with Crippen molar-refractivity contribution in [2.45, 2.75) is 31.7 Å². The van der Waals surface area contributed by atoms with Crippen LogP contribution >= 0.6 is 0 Å². The number of fused-ring (bicyclic) bond motifs is 1. The van der Waals surface area contributed by atoms with E-state index in [9.17, 15) is 14.4 Å². The number of anilines is 1. The first-order valence-corrected chi connectivity index (χ1v) is 9.74. The van der Waals surface area contributed by atoms with Crippen LogP contribution in [-0.4, -0.2) is 29.1 Å². The van der Waals surface area contributed by atoms with Crippen LogP contribution in [0.15, 0.2) is 60.1 Å². The highest BCUT2D eigenvalue weighted by molar-refractivity contribution is 6.47. The maximum absolute atomic E-state index is 12.7. The van der Waals surface area contributed by atoms with Gasteiger partial charge in [-0.2, -0.15) is 0 Å². The first-order valence-electron chi connectivity index (χ1n) is 9.74. The van der Waals surface area contributed by atoms with Gasteiger partial charge in [-0.1, -0.05) is 30.8 Å². The second-order valence-corrected chi connectivity index (χ2v) is 7.59. The Hall–Kier alpha value is -3.74. The molecule has 4 amide bonds. The van der Waals surface area contributed by atoms with Crippen molar-refractivity contribution in [1.29, 1.82) is 0 Å². The number of nitrogens with zero attached hydrogens (tertiary/aromatic N) is 1.